The van der Waals surface area contributed by atoms with Crippen molar-refractivity contribution in [2.24, 2.45) is 0 Å². The van der Waals surface area contributed by atoms with E-state index < -0.39 is 70.1 Å². The van der Waals surface area contributed by atoms with Gasteiger partial charge in [-0.25, -0.2) is 23.5 Å². The zero-order chi connectivity index (χ0) is 48.0. The Hall–Kier alpha value is -6.17. The van der Waals surface area contributed by atoms with Crippen LogP contribution in [0, 0.1) is 18.6 Å². The van der Waals surface area contributed by atoms with Crippen molar-refractivity contribution in [3.63, 3.8) is 0 Å². The predicted octanol–water partition coefficient (Wildman–Crippen LogP) is 9.15. The van der Waals surface area contributed by atoms with Gasteiger partial charge in [0.25, 0.3) is 0 Å². The molecule has 0 unspecified atom stereocenters. The maximum absolute atomic E-state index is 18.0. The Labute approximate surface area is 391 Å². The molecule has 0 radical (unpaired) electrons. The number of anilines is 3. The quantitative estimate of drug-likeness (QED) is 0.125. The lowest BCUT2D eigenvalue weighted by molar-refractivity contribution is -0.137. The number of ether oxygens (including phenoxy) is 4. The van der Waals surface area contributed by atoms with E-state index in [-0.39, 0.29) is 53.6 Å². The van der Waals surface area contributed by atoms with Gasteiger partial charge in [0.05, 0.1) is 43.6 Å². The summed E-state index contributed by atoms with van der Waals surface area (Å²) in [4.78, 5) is 38.1. The molecule has 0 saturated carbocycles. The molecule has 2 bridgehead atoms. The summed E-state index contributed by atoms with van der Waals surface area (Å²) >= 11 is 0. The van der Waals surface area contributed by atoms with Crippen molar-refractivity contribution in [3.05, 3.63) is 88.5 Å². The van der Waals surface area contributed by atoms with Crippen molar-refractivity contribution in [2.75, 3.05) is 61.6 Å². The van der Waals surface area contributed by atoms with Crippen LogP contribution >= 0.6 is 0 Å². The Morgan fingerprint density at radius 3 is 2.04 bits per heavy atom. The first-order valence-corrected chi connectivity index (χ1v) is 23.2. The fourth-order valence-electron chi connectivity index (χ4n) is 10.6. The van der Waals surface area contributed by atoms with E-state index in [9.17, 15) is 4.79 Å². The number of carbonyl (C=O) groups is 1. The number of carbonyl (C=O) groups excluding carboxylic acids is 1. The Balaban J connectivity index is 1.14. The summed E-state index contributed by atoms with van der Waals surface area (Å²) in [6.07, 6.45) is -3.90. The van der Waals surface area contributed by atoms with Crippen molar-refractivity contribution in [2.45, 2.75) is 109 Å². The number of rotatable bonds is 10. The van der Waals surface area contributed by atoms with Crippen molar-refractivity contribution in [3.8, 4) is 28.6 Å². The fraction of sp³-hybridized carbons (Fsp3) is 0.480. The second-order valence-electron chi connectivity index (χ2n) is 19.6. The Kier molecular flexibility index (Phi) is 11.5. The van der Waals surface area contributed by atoms with Crippen molar-refractivity contribution < 1.29 is 45.7 Å². The number of benzene rings is 3. The highest BCUT2D eigenvalue weighted by atomic mass is 19.4. The molecule has 2 aromatic heterocycles. The average Bonchev–Trinajstić information content (AvgIpc) is 3.51. The second-order valence-corrected chi connectivity index (χ2v) is 19.6. The number of hydrogen-bond donors (Lipinski definition) is 0. The smallest absolute Gasteiger partial charge is 0.417 e. The standard InChI is InChI=1S/C50H55F5N8O5/c1-27-39(50(53,54)55)35(21-37(40(27)51)60(22-29-9-14-33(65-6)15-10-29)23-30-11-16-34(66-7)17-12-30)42-41(52)43-38-45(58-47(57-43)61-24-32(25-61)59-19-8-20-59)62-26-31-13-18-36(44(62)28(2)67-46(38)56-42)63(31)48(64)68-49(3,4)5/h9-12,14-17,21,28,31-32,36,44H,8,13,18-20,22-26H2,1-7H3/t28-,31+,36-,44+/m0/s1. The van der Waals surface area contributed by atoms with Gasteiger partial charge in [0.1, 0.15) is 51.4 Å². The van der Waals surface area contributed by atoms with Crippen LogP contribution in [0.4, 0.5) is 44.2 Å². The van der Waals surface area contributed by atoms with Crippen LogP contribution < -0.4 is 28.9 Å². The summed E-state index contributed by atoms with van der Waals surface area (Å²) in [7, 11) is 3.07. The maximum atomic E-state index is 18.0. The number of aromatic nitrogens is 3. The minimum atomic E-state index is -5.14. The monoisotopic (exact) mass is 942 g/mol. The number of halogens is 5. The van der Waals surface area contributed by atoms with Gasteiger partial charge in [0.15, 0.2) is 5.82 Å². The van der Waals surface area contributed by atoms with Gasteiger partial charge < -0.3 is 33.6 Å². The molecule has 4 saturated heterocycles. The molecule has 68 heavy (non-hydrogen) atoms. The molecule has 0 aliphatic carbocycles. The van der Waals surface area contributed by atoms with Crippen LogP contribution in [-0.4, -0.2) is 114 Å². The van der Waals surface area contributed by atoms with Crippen molar-refractivity contribution >= 4 is 34.4 Å². The first-order valence-electron chi connectivity index (χ1n) is 23.2. The molecular formula is C50H55F5N8O5. The Bertz CT molecular complexity index is 2690. The number of hydrogen-bond acceptors (Lipinski definition) is 12. The number of methoxy groups -OCH3 is 2. The minimum Gasteiger partial charge on any atom is -0.497 e. The largest absolute Gasteiger partial charge is 0.497 e. The van der Waals surface area contributed by atoms with Gasteiger partial charge in [0.2, 0.25) is 11.8 Å². The van der Waals surface area contributed by atoms with Gasteiger partial charge in [-0.2, -0.15) is 18.2 Å². The number of alkyl halides is 3. The van der Waals surface area contributed by atoms with E-state index in [1.807, 2.05) is 37.5 Å². The predicted molar refractivity (Wildman–Crippen MR) is 247 cm³/mol. The highest BCUT2D eigenvalue weighted by Gasteiger charge is 2.54. The van der Waals surface area contributed by atoms with Crippen LogP contribution in [0.1, 0.15) is 69.2 Å². The third-order valence-electron chi connectivity index (χ3n) is 14.1. The SMILES string of the molecule is COc1ccc(CN(Cc2ccc(OC)cc2)c2cc(-c3nc4c5c(nc(N6CC(N7CCC7)C6)nc5c3F)N3C[C@H]5CC[C@@H]([C@H]3[C@H](C)O4)N5C(=O)OC(C)(C)C)c(C(F)(F)F)c(C)c2F)cc1. The van der Waals surface area contributed by atoms with E-state index in [1.54, 1.807) is 58.3 Å². The van der Waals surface area contributed by atoms with Crippen molar-refractivity contribution in [1.29, 1.82) is 0 Å². The maximum Gasteiger partial charge on any atom is 0.417 e. The lowest BCUT2D eigenvalue weighted by Crippen LogP contribution is -2.65. The third-order valence-corrected chi connectivity index (χ3v) is 14.1. The zero-order valence-electron chi connectivity index (χ0n) is 39.2. The van der Waals surface area contributed by atoms with E-state index in [1.165, 1.54) is 14.2 Å². The number of fused-ring (bicyclic) bond motifs is 5. The summed E-state index contributed by atoms with van der Waals surface area (Å²) in [6, 6.07) is 14.2. The number of nitrogens with zero attached hydrogens (tertiary/aromatic N) is 8. The molecule has 7 heterocycles. The van der Waals surface area contributed by atoms with Gasteiger partial charge in [-0.1, -0.05) is 24.3 Å². The molecular weight excluding hydrogens is 888 g/mol. The molecule has 13 nitrogen and oxygen atoms in total. The average molecular weight is 943 g/mol. The fourth-order valence-corrected chi connectivity index (χ4v) is 10.6. The first-order chi connectivity index (χ1) is 32.4. The second kappa shape index (κ2) is 17.1. The van der Waals surface area contributed by atoms with Crippen LogP contribution in [0.15, 0.2) is 54.6 Å². The lowest BCUT2D eigenvalue weighted by atomic mass is 9.95. The molecule has 3 aromatic carbocycles. The van der Waals surface area contributed by atoms with E-state index in [0.717, 1.165) is 32.5 Å². The van der Waals surface area contributed by atoms with Gasteiger partial charge in [-0.15, -0.1) is 0 Å². The number of likely N-dealkylation sites (tertiary alicyclic amines) is 1. The zero-order valence-corrected chi connectivity index (χ0v) is 39.2. The third kappa shape index (κ3) is 8.11. The number of piperazine rings is 1. The van der Waals surface area contributed by atoms with E-state index >= 15 is 22.0 Å². The Morgan fingerprint density at radius 1 is 0.853 bits per heavy atom. The molecule has 10 rings (SSSR count). The van der Waals surface area contributed by atoms with Crippen LogP contribution in [0.25, 0.3) is 22.2 Å². The normalized spacial score (nSPS) is 21.4. The highest BCUT2D eigenvalue weighted by Crippen LogP contribution is 2.50. The van der Waals surface area contributed by atoms with Gasteiger partial charge >= 0.3 is 12.3 Å². The molecule has 5 aliphatic rings. The summed E-state index contributed by atoms with van der Waals surface area (Å²) in [6.45, 7) is 11.9. The molecule has 4 atom stereocenters. The summed E-state index contributed by atoms with van der Waals surface area (Å²) in [5.41, 5.74) is -3.25. The van der Waals surface area contributed by atoms with Gasteiger partial charge in [-0.05, 0) is 114 Å². The first kappa shape index (κ1) is 45.6. The lowest BCUT2D eigenvalue weighted by Gasteiger charge is -2.49. The molecule has 18 heteroatoms. The molecule has 0 N–H and O–H groups in total. The minimum absolute atomic E-state index is 0.0601. The molecule has 360 valence electrons. The van der Waals surface area contributed by atoms with Crippen molar-refractivity contribution in [1.82, 2.24) is 24.8 Å². The number of pyridine rings is 1. The molecule has 0 spiro atoms. The molecule has 4 fully saturated rings. The molecule has 1 amide bonds. The number of amides is 1. The van der Waals surface area contributed by atoms with E-state index in [2.05, 4.69) is 9.88 Å². The summed E-state index contributed by atoms with van der Waals surface area (Å²) < 4.78 is 105. The van der Waals surface area contributed by atoms with Gasteiger partial charge in [-0.3, -0.25) is 9.80 Å². The van der Waals surface area contributed by atoms with Crippen LogP contribution in [0.2, 0.25) is 0 Å². The van der Waals surface area contributed by atoms with Crippen LogP contribution in [-0.2, 0) is 24.0 Å². The van der Waals surface area contributed by atoms with E-state index in [4.69, 9.17) is 28.9 Å². The Morgan fingerprint density at radius 2 is 1.49 bits per heavy atom. The molecule has 5 aliphatic heterocycles. The van der Waals surface area contributed by atoms with Crippen LogP contribution in [0.5, 0.6) is 17.4 Å². The van der Waals surface area contributed by atoms with Crippen LogP contribution in [0.3, 0.4) is 0 Å². The van der Waals surface area contributed by atoms with E-state index in [0.29, 0.717) is 60.9 Å². The summed E-state index contributed by atoms with van der Waals surface area (Å²) in [5, 5.41) is 0.113. The van der Waals surface area contributed by atoms with Gasteiger partial charge in [0, 0.05) is 44.3 Å². The topological polar surface area (TPSA) is 109 Å². The molecule has 5 aromatic rings. The highest BCUT2D eigenvalue weighted by molar-refractivity contribution is 5.98. The summed E-state index contributed by atoms with van der Waals surface area (Å²) in [5.74, 6) is -0.670.